The molecule has 1 aliphatic rings. The van der Waals surface area contributed by atoms with E-state index in [9.17, 15) is 9.59 Å². The summed E-state index contributed by atoms with van der Waals surface area (Å²) in [6.07, 6.45) is 0.872. The van der Waals surface area contributed by atoms with E-state index in [1.54, 1.807) is 27.6 Å². The maximum absolute atomic E-state index is 12.6. The zero-order valence-electron chi connectivity index (χ0n) is 15.9. The summed E-state index contributed by atoms with van der Waals surface area (Å²) in [5.74, 6) is -0.579. The molecule has 3 aromatic heterocycles. The molecule has 3 aromatic rings. The average Bonchev–Trinajstić information content (AvgIpc) is 3.42. The van der Waals surface area contributed by atoms with E-state index in [0.29, 0.717) is 18.7 Å². The lowest BCUT2D eigenvalue weighted by atomic mass is 10.1. The molecule has 4 rings (SSSR count). The van der Waals surface area contributed by atoms with Gasteiger partial charge in [-0.25, -0.2) is 4.79 Å². The Kier molecular flexibility index (Phi) is 5.37. The second kappa shape index (κ2) is 7.93. The maximum Gasteiger partial charge on any atom is 0.340 e. The quantitative estimate of drug-likeness (QED) is 0.593. The van der Waals surface area contributed by atoms with E-state index in [0.717, 1.165) is 24.4 Å². The summed E-state index contributed by atoms with van der Waals surface area (Å²) in [6.45, 7) is 5.70. The van der Waals surface area contributed by atoms with Gasteiger partial charge in [0.15, 0.2) is 6.61 Å². The van der Waals surface area contributed by atoms with Crippen LogP contribution >= 0.6 is 22.7 Å². The second-order valence-electron chi connectivity index (χ2n) is 6.96. The zero-order chi connectivity index (χ0) is 19.7. The summed E-state index contributed by atoms with van der Waals surface area (Å²) in [4.78, 5) is 29.4. The first-order valence-electron chi connectivity index (χ1n) is 9.22. The summed E-state index contributed by atoms with van der Waals surface area (Å²) in [6, 6.07) is 8.01. The van der Waals surface area contributed by atoms with E-state index in [2.05, 4.69) is 22.1 Å². The number of aromatic nitrogens is 1. The van der Waals surface area contributed by atoms with Crippen molar-refractivity contribution in [3.05, 3.63) is 67.3 Å². The van der Waals surface area contributed by atoms with Crippen LogP contribution in [0.3, 0.4) is 0 Å². The lowest BCUT2D eigenvalue weighted by molar-refractivity contribution is -0.135. The lowest BCUT2D eigenvalue weighted by Gasteiger charge is -2.26. The lowest BCUT2D eigenvalue weighted by Crippen LogP contribution is -2.38. The summed E-state index contributed by atoms with van der Waals surface area (Å²) < 4.78 is 7.46. The Morgan fingerprint density at radius 2 is 2.04 bits per heavy atom. The van der Waals surface area contributed by atoms with E-state index in [-0.39, 0.29) is 12.5 Å². The van der Waals surface area contributed by atoms with Crippen molar-refractivity contribution in [3.8, 4) is 0 Å². The van der Waals surface area contributed by atoms with Crippen LogP contribution in [0.5, 0.6) is 0 Å². The van der Waals surface area contributed by atoms with Crippen LogP contribution in [-0.4, -0.2) is 34.5 Å². The van der Waals surface area contributed by atoms with Crippen molar-refractivity contribution in [3.63, 3.8) is 0 Å². The fraction of sp³-hybridized carbons (Fsp3) is 0.333. The molecule has 4 heterocycles. The number of hydrogen-bond donors (Lipinski definition) is 0. The number of esters is 1. The molecule has 1 amide bonds. The van der Waals surface area contributed by atoms with Crippen LogP contribution in [0.1, 0.15) is 37.1 Å². The first-order valence-corrected chi connectivity index (χ1v) is 11.0. The van der Waals surface area contributed by atoms with Gasteiger partial charge < -0.3 is 14.2 Å². The van der Waals surface area contributed by atoms with Gasteiger partial charge in [0.1, 0.15) is 0 Å². The van der Waals surface area contributed by atoms with Gasteiger partial charge in [-0.1, -0.05) is 6.07 Å². The molecule has 0 spiro atoms. The molecule has 1 aliphatic heterocycles. The molecule has 7 heteroatoms. The smallest absolute Gasteiger partial charge is 0.340 e. The Bertz CT molecular complexity index is 1000. The topological polar surface area (TPSA) is 51.5 Å². The molecule has 0 aromatic carbocycles. The number of carbonyl (C=O) groups excluding carboxylic acids is 2. The number of nitrogens with zero attached hydrogens (tertiary/aromatic N) is 2. The first-order chi connectivity index (χ1) is 13.5. The molecule has 5 nitrogen and oxygen atoms in total. The summed E-state index contributed by atoms with van der Waals surface area (Å²) in [7, 11) is 0. The summed E-state index contributed by atoms with van der Waals surface area (Å²) in [5.41, 5.74) is 3.60. The van der Waals surface area contributed by atoms with Gasteiger partial charge >= 0.3 is 5.97 Å². The van der Waals surface area contributed by atoms with Crippen LogP contribution in [-0.2, 0) is 29.0 Å². The van der Waals surface area contributed by atoms with Gasteiger partial charge in [0, 0.05) is 34.2 Å². The van der Waals surface area contributed by atoms with Gasteiger partial charge in [-0.3, -0.25) is 4.79 Å². The first kappa shape index (κ1) is 19.0. The molecular formula is C21H22N2O3S2. The van der Waals surface area contributed by atoms with Crippen LogP contribution in [0, 0.1) is 13.8 Å². The summed E-state index contributed by atoms with van der Waals surface area (Å²) in [5, 5.41) is 4.11. The highest BCUT2D eigenvalue weighted by Crippen LogP contribution is 2.24. The van der Waals surface area contributed by atoms with E-state index >= 15 is 0 Å². The number of ether oxygens (including phenoxy) is 1. The number of hydrogen-bond acceptors (Lipinski definition) is 5. The summed E-state index contributed by atoms with van der Waals surface area (Å²) >= 11 is 3.43. The van der Waals surface area contributed by atoms with E-state index < -0.39 is 5.97 Å². The van der Waals surface area contributed by atoms with Crippen molar-refractivity contribution in [2.75, 3.05) is 13.2 Å². The molecule has 0 fully saturated rings. The van der Waals surface area contributed by atoms with Gasteiger partial charge in [0.25, 0.3) is 5.91 Å². The highest BCUT2D eigenvalue weighted by molar-refractivity contribution is 7.10. The van der Waals surface area contributed by atoms with Crippen molar-refractivity contribution in [1.29, 1.82) is 0 Å². The molecule has 0 radical (unpaired) electrons. The van der Waals surface area contributed by atoms with Crippen LogP contribution in [0.15, 0.2) is 35.0 Å². The Hall–Kier alpha value is -2.38. The van der Waals surface area contributed by atoms with Gasteiger partial charge in [-0.05, 0) is 54.8 Å². The van der Waals surface area contributed by atoms with E-state index in [1.165, 1.54) is 15.3 Å². The third kappa shape index (κ3) is 3.77. The van der Waals surface area contributed by atoms with E-state index in [4.69, 9.17) is 4.74 Å². The number of fused-ring (bicyclic) bond motifs is 1. The van der Waals surface area contributed by atoms with E-state index in [1.807, 2.05) is 31.4 Å². The standard InChI is InChI=1S/C21H22N2O3S2/c1-14-10-18(15(2)23(14)12-17-4-3-8-27-17)21(25)26-13-20(24)22-7-5-19-16(11-22)6-9-28-19/h3-4,6,8-10H,5,7,11-13H2,1-2H3. The SMILES string of the molecule is Cc1cc(C(=O)OCC(=O)N2CCc3sccc3C2)c(C)n1Cc1cccs1. The van der Waals surface area contributed by atoms with Crippen molar-refractivity contribution >= 4 is 34.6 Å². The minimum absolute atomic E-state index is 0.141. The Morgan fingerprint density at radius 1 is 1.18 bits per heavy atom. The highest BCUT2D eigenvalue weighted by Gasteiger charge is 2.23. The van der Waals surface area contributed by atoms with Crippen LogP contribution in [0.4, 0.5) is 0 Å². The number of aryl methyl sites for hydroxylation is 1. The number of thiophene rings is 2. The minimum Gasteiger partial charge on any atom is -0.452 e. The van der Waals surface area contributed by atoms with Crippen LogP contribution < -0.4 is 0 Å². The van der Waals surface area contributed by atoms with Gasteiger partial charge in [-0.2, -0.15) is 0 Å². The van der Waals surface area contributed by atoms with Crippen molar-refractivity contribution in [1.82, 2.24) is 9.47 Å². The van der Waals surface area contributed by atoms with Crippen molar-refractivity contribution in [2.24, 2.45) is 0 Å². The molecule has 28 heavy (non-hydrogen) atoms. The molecule has 0 N–H and O–H groups in total. The molecule has 0 atom stereocenters. The van der Waals surface area contributed by atoms with Crippen LogP contribution in [0.2, 0.25) is 0 Å². The predicted octanol–water partition coefficient (Wildman–Crippen LogP) is 4.02. The Balaban J connectivity index is 1.38. The molecule has 146 valence electrons. The van der Waals surface area contributed by atoms with Crippen LogP contribution in [0.25, 0.3) is 0 Å². The minimum atomic E-state index is -0.438. The maximum atomic E-state index is 12.6. The largest absolute Gasteiger partial charge is 0.452 e. The average molecular weight is 415 g/mol. The highest BCUT2D eigenvalue weighted by atomic mass is 32.1. The third-order valence-corrected chi connectivity index (χ3v) is 7.06. The predicted molar refractivity (Wildman–Crippen MR) is 111 cm³/mol. The molecule has 0 saturated carbocycles. The number of carbonyl (C=O) groups is 2. The Labute approximate surface area is 172 Å². The molecule has 0 bridgehead atoms. The normalized spacial score (nSPS) is 13.4. The molecule has 0 aliphatic carbocycles. The fourth-order valence-corrected chi connectivity index (χ4v) is 5.15. The third-order valence-electron chi connectivity index (χ3n) is 5.17. The van der Waals surface area contributed by atoms with Gasteiger partial charge in [0.2, 0.25) is 0 Å². The molecule has 0 saturated heterocycles. The van der Waals surface area contributed by atoms with Gasteiger partial charge in [-0.15, -0.1) is 22.7 Å². The monoisotopic (exact) mass is 414 g/mol. The zero-order valence-corrected chi connectivity index (χ0v) is 17.6. The molecule has 0 unspecified atom stereocenters. The fourth-order valence-electron chi connectivity index (χ4n) is 3.57. The van der Waals surface area contributed by atoms with Gasteiger partial charge in [0.05, 0.1) is 12.1 Å². The number of amides is 1. The Morgan fingerprint density at radius 3 is 2.82 bits per heavy atom. The molecular weight excluding hydrogens is 392 g/mol. The second-order valence-corrected chi connectivity index (χ2v) is 8.99. The number of rotatable bonds is 5. The van der Waals surface area contributed by atoms with Crippen molar-refractivity contribution in [2.45, 2.75) is 33.4 Å². The van der Waals surface area contributed by atoms with Crippen molar-refractivity contribution < 1.29 is 14.3 Å².